The van der Waals surface area contributed by atoms with Crippen molar-refractivity contribution >= 4 is 11.6 Å². The molecule has 1 rings (SSSR count). The van der Waals surface area contributed by atoms with E-state index in [1.165, 1.54) is 13.0 Å². The lowest BCUT2D eigenvalue weighted by Crippen LogP contribution is -2.09. The Morgan fingerprint density at radius 3 is 2.36 bits per heavy atom. The van der Waals surface area contributed by atoms with Crippen LogP contribution < -0.4 is 0 Å². The summed E-state index contributed by atoms with van der Waals surface area (Å²) in [5.41, 5.74) is -1.08. The third kappa shape index (κ3) is 1.83. The van der Waals surface area contributed by atoms with Crippen LogP contribution in [0.4, 0.5) is 13.2 Å². The lowest BCUT2D eigenvalue weighted by Gasteiger charge is -2.12. The van der Waals surface area contributed by atoms with Gasteiger partial charge >= 0.3 is 6.18 Å². The van der Waals surface area contributed by atoms with Crippen molar-refractivity contribution in [2.24, 2.45) is 0 Å². The van der Waals surface area contributed by atoms with Crippen molar-refractivity contribution in [1.82, 2.24) is 0 Å². The largest absolute Gasteiger partial charge is 0.418 e. The lowest BCUT2D eigenvalue weighted by atomic mass is 10.0. The maximum Gasteiger partial charge on any atom is 0.418 e. The molecule has 0 aliphatic rings. The van der Waals surface area contributed by atoms with Crippen LogP contribution in [-0.4, -0.2) is 0 Å². The van der Waals surface area contributed by atoms with Gasteiger partial charge in [-0.1, -0.05) is 11.6 Å². The molecule has 5 heteroatoms. The van der Waals surface area contributed by atoms with Gasteiger partial charge in [-0.15, -0.1) is 0 Å². The van der Waals surface area contributed by atoms with E-state index in [0.717, 1.165) is 6.07 Å². The minimum absolute atomic E-state index is 0.0123. The van der Waals surface area contributed by atoms with Crippen molar-refractivity contribution in [3.63, 3.8) is 0 Å². The van der Waals surface area contributed by atoms with E-state index in [4.69, 9.17) is 16.9 Å². The lowest BCUT2D eigenvalue weighted by molar-refractivity contribution is -0.137. The molecule has 0 saturated heterocycles. The fourth-order valence-corrected chi connectivity index (χ4v) is 1.46. The Labute approximate surface area is 83.7 Å². The molecule has 0 aliphatic carbocycles. The van der Waals surface area contributed by atoms with E-state index in [-0.39, 0.29) is 16.1 Å². The number of rotatable bonds is 0. The third-order valence-corrected chi connectivity index (χ3v) is 2.13. The summed E-state index contributed by atoms with van der Waals surface area (Å²) in [6.07, 6.45) is -4.52. The van der Waals surface area contributed by atoms with Crippen LogP contribution in [0.15, 0.2) is 12.1 Å². The molecule has 0 aliphatic heterocycles. The predicted molar refractivity (Wildman–Crippen MR) is 45.9 cm³/mol. The normalized spacial score (nSPS) is 11.1. The molecular formula is C9H5ClF3N. The minimum atomic E-state index is -4.52. The van der Waals surface area contributed by atoms with Crippen molar-refractivity contribution in [2.45, 2.75) is 13.1 Å². The fourth-order valence-electron chi connectivity index (χ4n) is 1.15. The zero-order valence-corrected chi connectivity index (χ0v) is 7.87. The molecule has 0 spiro atoms. The summed E-state index contributed by atoms with van der Waals surface area (Å²) in [5.74, 6) is 0. The maximum absolute atomic E-state index is 12.4. The first-order valence-electron chi connectivity index (χ1n) is 3.64. The van der Waals surface area contributed by atoms with Crippen LogP contribution >= 0.6 is 11.6 Å². The molecule has 74 valence electrons. The Bertz CT molecular complexity index is 404. The Morgan fingerprint density at radius 1 is 1.36 bits per heavy atom. The van der Waals surface area contributed by atoms with Gasteiger partial charge < -0.3 is 0 Å². The van der Waals surface area contributed by atoms with Gasteiger partial charge in [0.1, 0.15) is 0 Å². The highest BCUT2D eigenvalue weighted by molar-refractivity contribution is 6.31. The highest BCUT2D eigenvalue weighted by atomic mass is 35.5. The predicted octanol–water partition coefficient (Wildman–Crippen LogP) is 3.54. The smallest absolute Gasteiger partial charge is 0.192 e. The number of benzene rings is 1. The quantitative estimate of drug-likeness (QED) is 0.655. The molecule has 0 aromatic heterocycles. The zero-order chi connectivity index (χ0) is 10.9. The van der Waals surface area contributed by atoms with Gasteiger partial charge in [0.25, 0.3) is 0 Å². The van der Waals surface area contributed by atoms with E-state index in [1.807, 2.05) is 0 Å². The van der Waals surface area contributed by atoms with Gasteiger partial charge in [-0.3, -0.25) is 0 Å². The van der Waals surface area contributed by atoms with Gasteiger partial charge in [0.2, 0.25) is 0 Å². The molecule has 1 aromatic carbocycles. The van der Waals surface area contributed by atoms with E-state index in [1.54, 1.807) is 6.07 Å². The molecular weight excluding hydrogens is 215 g/mol. The number of nitriles is 1. The monoisotopic (exact) mass is 219 g/mol. The molecule has 0 atom stereocenters. The Hall–Kier alpha value is -1.21. The second kappa shape index (κ2) is 3.50. The average molecular weight is 220 g/mol. The summed E-state index contributed by atoms with van der Waals surface area (Å²) < 4.78 is 37.3. The summed E-state index contributed by atoms with van der Waals surface area (Å²) in [5, 5.41) is 8.16. The maximum atomic E-state index is 12.4. The van der Waals surface area contributed by atoms with Crippen molar-refractivity contribution in [3.05, 3.63) is 33.8 Å². The topological polar surface area (TPSA) is 23.8 Å². The molecule has 0 fully saturated rings. The van der Waals surface area contributed by atoms with Crippen molar-refractivity contribution in [3.8, 4) is 6.07 Å². The summed E-state index contributed by atoms with van der Waals surface area (Å²) in [4.78, 5) is 0. The second-order valence-corrected chi connectivity index (χ2v) is 3.11. The first kappa shape index (κ1) is 10.9. The van der Waals surface area contributed by atoms with Gasteiger partial charge in [0.15, 0.2) is 0 Å². The number of halogens is 4. The minimum Gasteiger partial charge on any atom is -0.192 e. The number of hydrogen-bond acceptors (Lipinski definition) is 1. The van der Waals surface area contributed by atoms with Gasteiger partial charge in [-0.25, -0.2) is 0 Å². The van der Waals surface area contributed by atoms with Crippen LogP contribution in [-0.2, 0) is 6.18 Å². The van der Waals surface area contributed by atoms with Crippen LogP contribution in [0.5, 0.6) is 0 Å². The molecule has 0 radical (unpaired) electrons. The highest BCUT2D eigenvalue weighted by Gasteiger charge is 2.35. The van der Waals surface area contributed by atoms with E-state index >= 15 is 0 Å². The van der Waals surface area contributed by atoms with E-state index < -0.39 is 11.7 Å². The first-order valence-corrected chi connectivity index (χ1v) is 4.02. The first-order chi connectivity index (χ1) is 6.38. The zero-order valence-electron chi connectivity index (χ0n) is 7.11. The van der Waals surface area contributed by atoms with Crippen LogP contribution in [0, 0.1) is 18.3 Å². The Morgan fingerprint density at radius 2 is 1.93 bits per heavy atom. The highest BCUT2D eigenvalue weighted by Crippen LogP contribution is 2.37. The molecule has 0 heterocycles. The summed E-state index contributed by atoms with van der Waals surface area (Å²) in [6.45, 7) is 1.23. The summed E-state index contributed by atoms with van der Waals surface area (Å²) >= 11 is 5.41. The standard InChI is InChI=1S/C9H5ClF3N/c1-5-6(4-14)2-3-7(10)8(5)9(11,12)13/h2-3H,1H3. The second-order valence-electron chi connectivity index (χ2n) is 2.70. The molecule has 0 bridgehead atoms. The molecule has 14 heavy (non-hydrogen) atoms. The summed E-state index contributed by atoms with van der Waals surface area (Å²) in [7, 11) is 0. The molecule has 0 saturated carbocycles. The molecule has 1 aromatic rings. The van der Waals surface area contributed by atoms with E-state index in [0.29, 0.717) is 0 Å². The number of nitrogens with zero attached hydrogens (tertiary/aromatic N) is 1. The SMILES string of the molecule is Cc1c(C#N)ccc(Cl)c1C(F)(F)F. The number of hydrogen-bond donors (Lipinski definition) is 0. The van der Waals surface area contributed by atoms with Gasteiger partial charge in [0.05, 0.1) is 22.2 Å². The van der Waals surface area contributed by atoms with Crippen LogP contribution in [0.25, 0.3) is 0 Å². The molecule has 0 unspecified atom stereocenters. The number of alkyl halides is 3. The van der Waals surface area contributed by atoms with E-state index in [9.17, 15) is 13.2 Å². The van der Waals surface area contributed by atoms with Crippen molar-refractivity contribution in [1.29, 1.82) is 5.26 Å². The van der Waals surface area contributed by atoms with Crippen LogP contribution in [0.2, 0.25) is 5.02 Å². The van der Waals surface area contributed by atoms with E-state index in [2.05, 4.69) is 0 Å². The molecule has 0 N–H and O–H groups in total. The van der Waals surface area contributed by atoms with Crippen LogP contribution in [0.1, 0.15) is 16.7 Å². The Kier molecular flexibility index (Phi) is 2.72. The van der Waals surface area contributed by atoms with Crippen molar-refractivity contribution in [2.75, 3.05) is 0 Å². The third-order valence-electron chi connectivity index (χ3n) is 1.82. The Balaban J connectivity index is 3.50. The fraction of sp³-hybridized carbons (Fsp3) is 0.222. The van der Waals surface area contributed by atoms with Crippen LogP contribution in [0.3, 0.4) is 0 Å². The van der Waals surface area contributed by atoms with Gasteiger partial charge in [-0.05, 0) is 24.6 Å². The van der Waals surface area contributed by atoms with Gasteiger partial charge in [-0.2, -0.15) is 18.4 Å². The van der Waals surface area contributed by atoms with Gasteiger partial charge in [0, 0.05) is 0 Å². The molecule has 0 amide bonds. The average Bonchev–Trinajstić information content (AvgIpc) is 2.02. The van der Waals surface area contributed by atoms with Crippen molar-refractivity contribution < 1.29 is 13.2 Å². The molecule has 1 nitrogen and oxygen atoms in total. The summed E-state index contributed by atoms with van der Waals surface area (Å²) in [6, 6.07) is 4.03.